The minimum absolute atomic E-state index is 0.0415. The van der Waals surface area contributed by atoms with E-state index in [1.54, 1.807) is 35.2 Å². The van der Waals surface area contributed by atoms with Crippen LogP contribution >= 0.6 is 0 Å². The number of carbonyl (C=O) groups is 1. The van der Waals surface area contributed by atoms with Crippen LogP contribution in [0.1, 0.15) is 34.0 Å². The Bertz CT molecular complexity index is 1310. The number of alkyl halides is 3. The Morgan fingerprint density at radius 2 is 1.76 bits per heavy atom. The molecular weight excluding hydrogens is 495 g/mol. The third kappa shape index (κ3) is 6.84. The van der Waals surface area contributed by atoms with Crippen LogP contribution < -0.4 is 19.7 Å². The van der Waals surface area contributed by atoms with E-state index in [1.165, 1.54) is 6.07 Å². The number of amides is 1. The Morgan fingerprint density at radius 3 is 2.45 bits per heavy atom. The van der Waals surface area contributed by atoms with Crippen LogP contribution in [-0.2, 0) is 12.8 Å². The van der Waals surface area contributed by atoms with Gasteiger partial charge in [-0.1, -0.05) is 36.4 Å². The number of ether oxygens (including phenoxy) is 2. The van der Waals surface area contributed by atoms with Crippen LogP contribution in [0.25, 0.3) is 0 Å². The topological polar surface area (TPSA) is 74.6 Å². The summed E-state index contributed by atoms with van der Waals surface area (Å²) >= 11 is 0. The molecule has 1 N–H and O–H groups in total. The summed E-state index contributed by atoms with van der Waals surface area (Å²) in [5.74, 6) is 0.173. The molecule has 1 amide bonds. The van der Waals surface area contributed by atoms with E-state index >= 15 is 0 Å². The molecule has 0 aromatic heterocycles. The summed E-state index contributed by atoms with van der Waals surface area (Å²) in [5, 5.41) is 13.2. The summed E-state index contributed by atoms with van der Waals surface area (Å²) < 4.78 is 47.9. The molecule has 198 valence electrons. The molecule has 6 nitrogen and oxygen atoms in total. The average molecular weight is 524 g/mol. The van der Waals surface area contributed by atoms with Crippen molar-refractivity contribution in [1.29, 1.82) is 5.26 Å². The average Bonchev–Trinajstić information content (AvgIpc) is 3.33. The second kappa shape index (κ2) is 12.0. The van der Waals surface area contributed by atoms with Crippen molar-refractivity contribution in [2.24, 2.45) is 0 Å². The van der Waals surface area contributed by atoms with E-state index in [2.05, 4.69) is 17.5 Å². The van der Waals surface area contributed by atoms with Crippen molar-refractivity contribution >= 4 is 11.6 Å². The number of nitriles is 1. The van der Waals surface area contributed by atoms with Crippen LogP contribution in [0, 0.1) is 11.3 Å². The van der Waals surface area contributed by atoms with Gasteiger partial charge in [-0.2, -0.15) is 18.4 Å². The lowest BCUT2D eigenvalue weighted by Gasteiger charge is -2.20. The molecule has 1 atom stereocenters. The Labute approximate surface area is 219 Å². The number of nitrogens with zero attached hydrogens (tertiary/aromatic N) is 2. The van der Waals surface area contributed by atoms with Crippen LogP contribution in [0.4, 0.5) is 18.9 Å². The van der Waals surface area contributed by atoms with Gasteiger partial charge in [-0.25, -0.2) is 0 Å². The fraction of sp³-hybridized carbons (Fsp3) is 0.310. The smallest absolute Gasteiger partial charge is 0.422 e. The van der Waals surface area contributed by atoms with Gasteiger partial charge in [0.2, 0.25) is 0 Å². The van der Waals surface area contributed by atoms with Gasteiger partial charge >= 0.3 is 6.18 Å². The van der Waals surface area contributed by atoms with Crippen molar-refractivity contribution < 1.29 is 27.4 Å². The van der Waals surface area contributed by atoms with Crippen LogP contribution in [0.2, 0.25) is 0 Å². The summed E-state index contributed by atoms with van der Waals surface area (Å²) in [6, 6.07) is 21.5. The highest BCUT2D eigenvalue weighted by Gasteiger charge is 2.30. The fourth-order valence-corrected chi connectivity index (χ4v) is 4.50. The molecule has 0 spiro atoms. The fourth-order valence-electron chi connectivity index (χ4n) is 4.50. The van der Waals surface area contributed by atoms with Gasteiger partial charge in [-0.05, 0) is 61.2 Å². The van der Waals surface area contributed by atoms with Crippen molar-refractivity contribution in [3.8, 4) is 17.6 Å². The molecule has 0 unspecified atom stereocenters. The van der Waals surface area contributed by atoms with Crippen molar-refractivity contribution in [2.45, 2.75) is 32.0 Å². The molecule has 9 heteroatoms. The molecule has 1 heterocycles. The second-order valence-electron chi connectivity index (χ2n) is 9.09. The molecule has 0 fully saturated rings. The van der Waals surface area contributed by atoms with E-state index < -0.39 is 12.8 Å². The number of para-hydroxylation sites is 2. The van der Waals surface area contributed by atoms with Crippen molar-refractivity contribution in [2.75, 3.05) is 31.2 Å². The lowest BCUT2D eigenvalue weighted by molar-refractivity contribution is -0.153. The van der Waals surface area contributed by atoms with Gasteiger partial charge in [0.05, 0.1) is 11.3 Å². The number of nitrogens with one attached hydrogen (secondary N) is 1. The third-order valence-electron chi connectivity index (χ3n) is 6.14. The van der Waals surface area contributed by atoms with Gasteiger partial charge in [-0.15, -0.1) is 0 Å². The number of anilines is 1. The molecule has 3 aromatic carbocycles. The zero-order valence-corrected chi connectivity index (χ0v) is 20.9. The van der Waals surface area contributed by atoms with E-state index in [4.69, 9.17) is 9.47 Å². The number of hydrogen-bond donors (Lipinski definition) is 1. The molecule has 0 bridgehead atoms. The minimum atomic E-state index is -4.43. The Kier molecular flexibility index (Phi) is 8.54. The molecule has 1 aliphatic rings. The highest BCUT2D eigenvalue weighted by atomic mass is 19.4. The third-order valence-corrected chi connectivity index (χ3v) is 6.14. The number of carbonyl (C=O) groups excluding carboxylic acids is 1. The normalized spacial score (nSPS) is 13.5. The maximum atomic E-state index is 13.0. The quantitative estimate of drug-likeness (QED) is 0.365. The Hall–Kier alpha value is -4.03. The minimum Gasteiger partial charge on any atom is -0.488 e. The highest BCUT2D eigenvalue weighted by Crippen LogP contribution is 2.34. The molecular formula is C29H28F3N3O3. The SMILES string of the molecule is C[C@H](Cc1cc(C#N)c2c(c1)CCN2C(=O)c1ccccc1)NCCOc1ccccc1OCC(F)(F)F. The van der Waals surface area contributed by atoms with E-state index in [9.17, 15) is 23.2 Å². The van der Waals surface area contributed by atoms with Crippen molar-refractivity contribution in [1.82, 2.24) is 5.32 Å². The molecule has 3 aromatic rings. The van der Waals surface area contributed by atoms with Gasteiger partial charge in [0.1, 0.15) is 12.7 Å². The van der Waals surface area contributed by atoms with Gasteiger partial charge in [-0.3, -0.25) is 4.79 Å². The number of hydrogen-bond acceptors (Lipinski definition) is 5. The lowest BCUT2D eigenvalue weighted by Crippen LogP contribution is -2.32. The zero-order valence-electron chi connectivity index (χ0n) is 20.9. The first-order valence-corrected chi connectivity index (χ1v) is 12.3. The number of benzene rings is 3. The van der Waals surface area contributed by atoms with Crippen LogP contribution in [-0.4, -0.2) is 44.4 Å². The van der Waals surface area contributed by atoms with Gasteiger partial charge < -0.3 is 19.7 Å². The van der Waals surface area contributed by atoms with Crippen LogP contribution in [0.3, 0.4) is 0 Å². The summed E-state index contributed by atoms with van der Waals surface area (Å²) in [6.45, 7) is 1.85. The second-order valence-corrected chi connectivity index (χ2v) is 9.09. The Morgan fingerprint density at radius 1 is 1.08 bits per heavy atom. The van der Waals surface area contributed by atoms with Gasteiger partial charge in [0.15, 0.2) is 18.1 Å². The van der Waals surface area contributed by atoms with Crippen LogP contribution in [0.5, 0.6) is 11.5 Å². The summed E-state index contributed by atoms with van der Waals surface area (Å²) in [4.78, 5) is 14.7. The maximum absolute atomic E-state index is 13.0. The van der Waals surface area contributed by atoms with Crippen molar-refractivity contribution in [3.63, 3.8) is 0 Å². The molecule has 0 saturated heterocycles. The van der Waals surface area contributed by atoms with E-state index in [0.717, 1.165) is 11.1 Å². The van der Waals surface area contributed by atoms with E-state index in [-0.39, 0.29) is 30.1 Å². The van der Waals surface area contributed by atoms with E-state index in [1.807, 2.05) is 31.2 Å². The first-order valence-electron chi connectivity index (χ1n) is 12.3. The first-order chi connectivity index (χ1) is 18.2. The summed E-state index contributed by atoms with van der Waals surface area (Å²) in [7, 11) is 0. The molecule has 0 radical (unpaired) electrons. The van der Waals surface area contributed by atoms with Crippen LogP contribution in [0.15, 0.2) is 66.7 Å². The lowest BCUT2D eigenvalue weighted by atomic mass is 9.99. The van der Waals surface area contributed by atoms with E-state index in [0.29, 0.717) is 42.7 Å². The first kappa shape index (κ1) is 27.0. The standard InChI is InChI=1S/C29H28F3N3O3/c1-20(34-12-14-37-25-9-5-6-10-26(25)38-19-29(30,31)32)15-21-16-23-11-13-35(27(23)24(17-21)18-33)28(36)22-7-3-2-4-8-22/h2-10,16-17,20,34H,11-15,19H2,1H3/t20-/m1/s1. The zero-order chi connectivity index (χ0) is 27.1. The predicted octanol–water partition coefficient (Wildman–Crippen LogP) is 5.30. The molecule has 0 saturated carbocycles. The molecule has 1 aliphatic heterocycles. The van der Waals surface area contributed by atoms with Gasteiger partial charge in [0, 0.05) is 24.7 Å². The molecule has 4 rings (SSSR count). The monoisotopic (exact) mass is 523 g/mol. The largest absolute Gasteiger partial charge is 0.488 e. The maximum Gasteiger partial charge on any atom is 0.422 e. The van der Waals surface area contributed by atoms with Crippen molar-refractivity contribution in [3.05, 3.63) is 89.0 Å². The molecule has 38 heavy (non-hydrogen) atoms. The number of fused-ring (bicyclic) bond motifs is 1. The Balaban J connectivity index is 1.32. The highest BCUT2D eigenvalue weighted by molar-refractivity contribution is 6.08. The number of rotatable bonds is 10. The summed E-state index contributed by atoms with van der Waals surface area (Å²) in [5.41, 5.74) is 3.72. The summed E-state index contributed by atoms with van der Waals surface area (Å²) in [6.07, 6.45) is -3.09. The number of halogens is 3. The molecule has 0 aliphatic carbocycles. The predicted molar refractivity (Wildman–Crippen MR) is 138 cm³/mol. The van der Waals surface area contributed by atoms with Gasteiger partial charge in [0.25, 0.3) is 5.91 Å².